The van der Waals surface area contributed by atoms with Gasteiger partial charge in [0.15, 0.2) is 0 Å². The average molecular weight is 253 g/mol. The van der Waals surface area contributed by atoms with Gasteiger partial charge in [0, 0.05) is 5.02 Å². The van der Waals surface area contributed by atoms with Gasteiger partial charge in [0.25, 0.3) is 0 Å². The molecule has 0 aliphatic carbocycles. The molecular formula is C16H25Cl. The van der Waals surface area contributed by atoms with Crippen molar-refractivity contribution < 1.29 is 0 Å². The van der Waals surface area contributed by atoms with Crippen LogP contribution in [0.15, 0.2) is 24.3 Å². The van der Waals surface area contributed by atoms with Gasteiger partial charge in [-0.2, -0.15) is 0 Å². The number of hydrogen-bond donors (Lipinski definition) is 0. The molecule has 1 unspecified atom stereocenters. The maximum Gasteiger partial charge on any atom is 0.0406 e. The van der Waals surface area contributed by atoms with E-state index in [9.17, 15) is 0 Å². The molecule has 0 aliphatic rings. The monoisotopic (exact) mass is 252 g/mol. The molecule has 0 nitrogen and oxygen atoms in total. The number of halogens is 1. The van der Waals surface area contributed by atoms with Gasteiger partial charge in [-0.15, -0.1) is 0 Å². The van der Waals surface area contributed by atoms with Crippen molar-refractivity contribution in [2.24, 2.45) is 5.92 Å². The fourth-order valence-electron chi connectivity index (χ4n) is 2.22. The summed E-state index contributed by atoms with van der Waals surface area (Å²) < 4.78 is 0. The molecule has 17 heavy (non-hydrogen) atoms. The van der Waals surface area contributed by atoms with Crippen LogP contribution in [0.4, 0.5) is 0 Å². The van der Waals surface area contributed by atoms with Crippen molar-refractivity contribution in [3.63, 3.8) is 0 Å². The second-order valence-corrected chi connectivity index (χ2v) is 5.58. The highest BCUT2D eigenvalue weighted by atomic mass is 35.5. The van der Waals surface area contributed by atoms with E-state index in [0.717, 1.165) is 10.9 Å². The lowest BCUT2D eigenvalue weighted by Crippen LogP contribution is -1.99. The van der Waals surface area contributed by atoms with Crippen LogP contribution in [0.2, 0.25) is 5.02 Å². The first-order chi connectivity index (χ1) is 8.22. The highest BCUT2D eigenvalue weighted by molar-refractivity contribution is 6.30. The van der Waals surface area contributed by atoms with Gasteiger partial charge >= 0.3 is 0 Å². The van der Waals surface area contributed by atoms with Gasteiger partial charge in [-0.3, -0.25) is 0 Å². The van der Waals surface area contributed by atoms with E-state index in [1.807, 2.05) is 12.1 Å². The van der Waals surface area contributed by atoms with Crippen LogP contribution in [-0.2, 0) is 6.42 Å². The zero-order chi connectivity index (χ0) is 12.5. The second-order valence-electron chi connectivity index (χ2n) is 5.14. The van der Waals surface area contributed by atoms with Crippen LogP contribution in [0.25, 0.3) is 0 Å². The zero-order valence-corrected chi connectivity index (χ0v) is 12.0. The van der Waals surface area contributed by atoms with Crippen LogP contribution < -0.4 is 0 Å². The minimum Gasteiger partial charge on any atom is -0.0843 e. The first-order valence-corrected chi connectivity index (χ1v) is 7.34. The van der Waals surface area contributed by atoms with Crippen molar-refractivity contribution in [1.29, 1.82) is 0 Å². The fourth-order valence-corrected chi connectivity index (χ4v) is 2.35. The Morgan fingerprint density at radius 1 is 1.00 bits per heavy atom. The molecule has 1 aromatic carbocycles. The molecule has 0 aliphatic heterocycles. The summed E-state index contributed by atoms with van der Waals surface area (Å²) in [5.41, 5.74) is 1.41. The molecule has 0 radical (unpaired) electrons. The Morgan fingerprint density at radius 3 is 2.29 bits per heavy atom. The van der Waals surface area contributed by atoms with E-state index in [4.69, 9.17) is 11.6 Å². The van der Waals surface area contributed by atoms with Crippen molar-refractivity contribution in [3.05, 3.63) is 34.9 Å². The summed E-state index contributed by atoms with van der Waals surface area (Å²) in [7, 11) is 0. The Hall–Kier alpha value is -0.490. The third-order valence-electron chi connectivity index (χ3n) is 3.30. The Bertz CT molecular complexity index is 289. The number of benzene rings is 1. The Morgan fingerprint density at radius 2 is 1.65 bits per heavy atom. The summed E-state index contributed by atoms with van der Waals surface area (Å²) in [5, 5.41) is 0.834. The smallest absolute Gasteiger partial charge is 0.0406 e. The van der Waals surface area contributed by atoms with Crippen LogP contribution in [0, 0.1) is 5.92 Å². The minimum atomic E-state index is 0.790. The lowest BCUT2D eigenvalue weighted by Gasteiger charge is -2.11. The molecule has 96 valence electrons. The lowest BCUT2D eigenvalue weighted by molar-refractivity contribution is 0.483. The van der Waals surface area contributed by atoms with Gasteiger partial charge in [0.1, 0.15) is 0 Å². The van der Waals surface area contributed by atoms with E-state index >= 15 is 0 Å². The van der Waals surface area contributed by atoms with E-state index in [1.165, 1.54) is 50.5 Å². The van der Waals surface area contributed by atoms with Gasteiger partial charge in [0.05, 0.1) is 0 Å². The molecule has 0 fully saturated rings. The Balaban J connectivity index is 2.16. The number of hydrogen-bond acceptors (Lipinski definition) is 0. The molecule has 0 heterocycles. The van der Waals surface area contributed by atoms with Gasteiger partial charge < -0.3 is 0 Å². The molecule has 1 heteroatoms. The molecule has 1 atom stereocenters. The third-order valence-corrected chi connectivity index (χ3v) is 3.55. The predicted molar refractivity (Wildman–Crippen MR) is 77.7 cm³/mol. The van der Waals surface area contributed by atoms with Crippen molar-refractivity contribution in [2.75, 3.05) is 0 Å². The number of unbranched alkanes of at least 4 members (excludes halogenated alkanes) is 4. The standard InChI is InChI=1S/C16H25Cl/c1-3-4-5-6-7-8-14(2)13-15-9-11-16(17)12-10-15/h9-12,14H,3-8,13H2,1-2H3. The Labute approximate surface area is 111 Å². The van der Waals surface area contributed by atoms with E-state index in [0.29, 0.717) is 0 Å². The maximum atomic E-state index is 5.88. The Kier molecular flexibility index (Phi) is 7.35. The van der Waals surface area contributed by atoms with Gasteiger partial charge in [-0.1, -0.05) is 76.1 Å². The first-order valence-electron chi connectivity index (χ1n) is 6.96. The summed E-state index contributed by atoms with van der Waals surface area (Å²) in [6.07, 6.45) is 9.46. The topological polar surface area (TPSA) is 0 Å². The van der Waals surface area contributed by atoms with E-state index in [2.05, 4.69) is 26.0 Å². The largest absolute Gasteiger partial charge is 0.0843 e. The molecule has 1 aromatic rings. The molecule has 0 amide bonds. The quantitative estimate of drug-likeness (QED) is 0.507. The van der Waals surface area contributed by atoms with Crippen LogP contribution in [-0.4, -0.2) is 0 Å². The summed E-state index contributed by atoms with van der Waals surface area (Å²) in [4.78, 5) is 0. The summed E-state index contributed by atoms with van der Waals surface area (Å²) >= 11 is 5.88. The second kappa shape index (κ2) is 8.58. The molecule has 0 aromatic heterocycles. The molecular weight excluding hydrogens is 228 g/mol. The predicted octanol–water partition coefficient (Wildman–Crippen LogP) is 5.88. The highest BCUT2D eigenvalue weighted by Gasteiger charge is 2.03. The SMILES string of the molecule is CCCCCCCC(C)Cc1ccc(Cl)cc1. The van der Waals surface area contributed by atoms with E-state index < -0.39 is 0 Å². The first kappa shape index (κ1) is 14.6. The van der Waals surface area contributed by atoms with Crippen LogP contribution >= 0.6 is 11.6 Å². The minimum absolute atomic E-state index is 0.790. The molecule has 0 spiro atoms. The van der Waals surface area contributed by atoms with E-state index in [-0.39, 0.29) is 0 Å². The van der Waals surface area contributed by atoms with Crippen molar-refractivity contribution in [1.82, 2.24) is 0 Å². The van der Waals surface area contributed by atoms with Gasteiger partial charge in [-0.05, 0) is 30.0 Å². The van der Waals surface area contributed by atoms with Crippen LogP contribution in [0.1, 0.15) is 57.9 Å². The molecule has 0 N–H and O–H groups in total. The number of rotatable bonds is 8. The van der Waals surface area contributed by atoms with Crippen molar-refractivity contribution >= 4 is 11.6 Å². The summed E-state index contributed by atoms with van der Waals surface area (Å²) in [5.74, 6) is 0.790. The van der Waals surface area contributed by atoms with E-state index in [1.54, 1.807) is 0 Å². The zero-order valence-electron chi connectivity index (χ0n) is 11.2. The average Bonchev–Trinajstić information content (AvgIpc) is 2.32. The third kappa shape index (κ3) is 6.73. The molecule has 0 bridgehead atoms. The summed E-state index contributed by atoms with van der Waals surface area (Å²) in [6, 6.07) is 8.28. The normalized spacial score (nSPS) is 12.6. The molecule has 1 rings (SSSR count). The lowest BCUT2D eigenvalue weighted by atomic mass is 9.95. The van der Waals surface area contributed by atoms with Crippen LogP contribution in [0.3, 0.4) is 0 Å². The van der Waals surface area contributed by atoms with Gasteiger partial charge in [0.2, 0.25) is 0 Å². The van der Waals surface area contributed by atoms with Gasteiger partial charge in [-0.25, -0.2) is 0 Å². The highest BCUT2D eigenvalue weighted by Crippen LogP contribution is 2.17. The fraction of sp³-hybridized carbons (Fsp3) is 0.625. The molecule has 0 saturated heterocycles. The van der Waals surface area contributed by atoms with Crippen molar-refractivity contribution in [2.45, 2.75) is 58.8 Å². The van der Waals surface area contributed by atoms with Crippen molar-refractivity contribution in [3.8, 4) is 0 Å². The van der Waals surface area contributed by atoms with Crippen LogP contribution in [0.5, 0.6) is 0 Å². The summed E-state index contributed by atoms with van der Waals surface area (Å²) in [6.45, 7) is 4.62. The maximum absolute atomic E-state index is 5.88. The molecule has 0 saturated carbocycles.